The first-order valence-electron chi connectivity index (χ1n) is 5.53. The van der Waals surface area contributed by atoms with Gasteiger partial charge in [-0.1, -0.05) is 48.6 Å². The van der Waals surface area contributed by atoms with Crippen LogP contribution in [0.4, 0.5) is 5.69 Å². The molecule has 0 unspecified atom stereocenters. The van der Waals surface area contributed by atoms with Crippen molar-refractivity contribution in [1.82, 2.24) is 0 Å². The Morgan fingerprint density at radius 3 is 2.44 bits per heavy atom. The highest BCUT2D eigenvalue weighted by molar-refractivity contribution is 5.94. The lowest BCUT2D eigenvalue weighted by molar-refractivity contribution is 0.0696. The lowest BCUT2D eigenvalue weighted by Gasteiger charge is -2.02. The Morgan fingerprint density at radius 2 is 1.78 bits per heavy atom. The second-order valence-electron chi connectivity index (χ2n) is 3.90. The van der Waals surface area contributed by atoms with Crippen LogP contribution >= 0.6 is 0 Å². The highest BCUT2D eigenvalue weighted by atomic mass is 16.4. The third kappa shape index (κ3) is 2.77. The molecule has 0 heterocycles. The Morgan fingerprint density at radius 1 is 1.06 bits per heavy atom. The first kappa shape index (κ1) is 11.9. The molecule has 90 valence electrons. The molecule has 3 heteroatoms. The van der Waals surface area contributed by atoms with Gasteiger partial charge in [-0.3, -0.25) is 0 Å². The van der Waals surface area contributed by atoms with E-state index in [9.17, 15) is 4.79 Å². The Balaban J connectivity index is 2.35. The van der Waals surface area contributed by atoms with Gasteiger partial charge in [-0.15, -0.1) is 0 Å². The molecule has 2 aromatic carbocycles. The van der Waals surface area contributed by atoms with Gasteiger partial charge in [0.15, 0.2) is 0 Å². The van der Waals surface area contributed by atoms with E-state index in [1.807, 2.05) is 36.4 Å². The molecule has 0 aliphatic rings. The number of carbonyl (C=O) groups is 1. The molecule has 3 nitrogen and oxygen atoms in total. The van der Waals surface area contributed by atoms with E-state index in [-0.39, 0.29) is 5.56 Å². The molecule has 0 saturated heterocycles. The van der Waals surface area contributed by atoms with Gasteiger partial charge in [0.2, 0.25) is 0 Å². The van der Waals surface area contributed by atoms with Crippen molar-refractivity contribution in [1.29, 1.82) is 0 Å². The van der Waals surface area contributed by atoms with Crippen LogP contribution in [0.15, 0.2) is 48.5 Å². The zero-order valence-electron chi connectivity index (χ0n) is 9.71. The van der Waals surface area contributed by atoms with Gasteiger partial charge in [0.1, 0.15) is 0 Å². The van der Waals surface area contributed by atoms with Crippen molar-refractivity contribution < 1.29 is 9.90 Å². The van der Waals surface area contributed by atoms with Crippen molar-refractivity contribution in [2.75, 3.05) is 5.73 Å². The number of rotatable bonds is 3. The fourth-order valence-electron chi connectivity index (χ4n) is 1.65. The molecule has 0 radical (unpaired) electrons. The lowest BCUT2D eigenvalue weighted by atomic mass is 10.0. The highest BCUT2D eigenvalue weighted by Crippen LogP contribution is 2.16. The van der Waals surface area contributed by atoms with Crippen molar-refractivity contribution in [2.24, 2.45) is 0 Å². The number of aromatic carboxylic acids is 1. The molecule has 18 heavy (non-hydrogen) atoms. The molecule has 0 bridgehead atoms. The molecule has 0 aliphatic carbocycles. The molecule has 0 spiro atoms. The van der Waals surface area contributed by atoms with E-state index in [0.29, 0.717) is 11.3 Å². The second kappa shape index (κ2) is 5.19. The maximum atomic E-state index is 11.1. The van der Waals surface area contributed by atoms with Gasteiger partial charge in [-0.25, -0.2) is 4.79 Å². The molecule has 0 saturated carbocycles. The average Bonchev–Trinajstić information content (AvgIpc) is 2.38. The Hall–Kier alpha value is -2.55. The van der Waals surface area contributed by atoms with Gasteiger partial charge < -0.3 is 10.8 Å². The monoisotopic (exact) mass is 239 g/mol. The molecule has 0 aromatic heterocycles. The van der Waals surface area contributed by atoms with Crippen molar-refractivity contribution in [3.05, 3.63) is 65.2 Å². The summed E-state index contributed by atoms with van der Waals surface area (Å²) in [6, 6.07) is 14.6. The van der Waals surface area contributed by atoms with E-state index in [4.69, 9.17) is 10.8 Å². The number of anilines is 1. The van der Waals surface area contributed by atoms with Crippen LogP contribution < -0.4 is 5.73 Å². The molecule has 0 amide bonds. The summed E-state index contributed by atoms with van der Waals surface area (Å²) in [5.41, 5.74) is 7.90. The quantitative estimate of drug-likeness (QED) is 0.639. The first-order chi connectivity index (χ1) is 8.66. The SMILES string of the molecule is Nc1ccc(C=Cc2ccccc2)c(C(=O)O)c1. The molecule has 0 fully saturated rings. The van der Waals surface area contributed by atoms with Crippen LogP contribution in [0.5, 0.6) is 0 Å². The first-order valence-corrected chi connectivity index (χ1v) is 5.53. The number of hydrogen-bond donors (Lipinski definition) is 2. The van der Waals surface area contributed by atoms with Crippen LogP contribution in [-0.2, 0) is 0 Å². The molecule has 0 atom stereocenters. The van der Waals surface area contributed by atoms with E-state index >= 15 is 0 Å². The van der Waals surface area contributed by atoms with E-state index in [0.717, 1.165) is 5.56 Å². The summed E-state index contributed by atoms with van der Waals surface area (Å²) in [4.78, 5) is 11.1. The van der Waals surface area contributed by atoms with Crippen molar-refractivity contribution in [3.8, 4) is 0 Å². The van der Waals surface area contributed by atoms with Gasteiger partial charge in [-0.05, 0) is 23.3 Å². The smallest absolute Gasteiger partial charge is 0.336 e. The van der Waals surface area contributed by atoms with Crippen LogP contribution in [0.3, 0.4) is 0 Å². The zero-order valence-corrected chi connectivity index (χ0v) is 9.71. The maximum Gasteiger partial charge on any atom is 0.336 e. The molecular formula is C15H13NO2. The Kier molecular flexibility index (Phi) is 3.44. The van der Waals surface area contributed by atoms with E-state index in [2.05, 4.69) is 0 Å². The standard InChI is InChI=1S/C15H13NO2/c16-13-9-8-12(14(10-13)15(17)18)7-6-11-4-2-1-3-5-11/h1-10H,16H2,(H,17,18). The summed E-state index contributed by atoms with van der Waals surface area (Å²) in [5.74, 6) is -0.977. The summed E-state index contributed by atoms with van der Waals surface area (Å²) in [5, 5.41) is 9.10. The van der Waals surface area contributed by atoms with Gasteiger partial charge in [-0.2, -0.15) is 0 Å². The van der Waals surface area contributed by atoms with Gasteiger partial charge in [0.25, 0.3) is 0 Å². The predicted molar refractivity (Wildman–Crippen MR) is 73.2 cm³/mol. The summed E-state index contributed by atoms with van der Waals surface area (Å²) in [6.45, 7) is 0. The Bertz CT molecular complexity index is 589. The minimum Gasteiger partial charge on any atom is -0.478 e. The third-order valence-electron chi connectivity index (χ3n) is 2.56. The van der Waals surface area contributed by atoms with Gasteiger partial charge in [0, 0.05) is 5.69 Å². The van der Waals surface area contributed by atoms with Crippen molar-refractivity contribution in [2.45, 2.75) is 0 Å². The van der Waals surface area contributed by atoms with E-state index < -0.39 is 5.97 Å². The van der Waals surface area contributed by atoms with Gasteiger partial charge >= 0.3 is 5.97 Å². The van der Waals surface area contributed by atoms with Crippen LogP contribution in [0, 0.1) is 0 Å². The highest BCUT2D eigenvalue weighted by Gasteiger charge is 2.07. The number of carboxylic acids is 1. The average molecular weight is 239 g/mol. The molecule has 0 aliphatic heterocycles. The van der Waals surface area contributed by atoms with Crippen molar-refractivity contribution >= 4 is 23.8 Å². The number of benzene rings is 2. The predicted octanol–water partition coefficient (Wildman–Crippen LogP) is 3.14. The minimum absolute atomic E-state index is 0.210. The molecule has 2 aromatic rings. The number of nitrogen functional groups attached to an aromatic ring is 1. The third-order valence-corrected chi connectivity index (χ3v) is 2.56. The van der Waals surface area contributed by atoms with Gasteiger partial charge in [0.05, 0.1) is 5.56 Å². The summed E-state index contributed by atoms with van der Waals surface area (Å²) in [6.07, 6.45) is 3.65. The lowest BCUT2D eigenvalue weighted by Crippen LogP contribution is -2.00. The Labute approximate surface area is 105 Å². The maximum absolute atomic E-state index is 11.1. The van der Waals surface area contributed by atoms with E-state index in [1.54, 1.807) is 18.2 Å². The normalized spacial score (nSPS) is 10.7. The fraction of sp³-hybridized carbons (Fsp3) is 0. The number of nitrogens with two attached hydrogens (primary N) is 1. The molecule has 3 N–H and O–H groups in total. The summed E-state index contributed by atoms with van der Waals surface area (Å²) >= 11 is 0. The van der Waals surface area contributed by atoms with Crippen LogP contribution in [-0.4, -0.2) is 11.1 Å². The van der Waals surface area contributed by atoms with E-state index in [1.165, 1.54) is 6.07 Å². The molecular weight excluding hydrogens is 226 g/mol. The number of hydrogen-bond acceptors (Lipinski definition) is 2. The topological polar surface area (TPSA) is 63.3 Å². The number of carboxylic acid groups (broad SMARTS) is 1. The summed E-state index contributed by atoms with van der Waals surface area (Å²) in [7, 11) is 0. The largest absolute Gasteiger partial charge is 0.478 e. The summed E-state index contributed by atoms with van der Waals surface area (Å²) < 4.78 is 0. The molecule has 2 rings (SSSR count). The van der Waals surface area contributed by atoms with Crippen LogP contribution in [0.1, 0.15) is 21.5 Å². The fourth-order valence-corrected chi connectivity index (χ4v) is 1.65. The van der Waals surface area contributed by atoms with Crippen LogP contribution in [0.25, 0.3) is 12.2 Å². The minimum atomic E-state index is -0.977. The van der Waals surface area contributed by atoms with Crippen LogP contribution in [0.2, 0.25) is 0 Å². The van der Waals surface area contributed by atoms with Crippen molar-refractivity contribution in [3.63, 3.8) is 0 Å². The second-order valence-corrected chi connectivity index (χ2v) is 3.90. The zero-order chi connectivity index (χ0) is 13.0.